The van der Waals surface area contributed by atoms with Gasteiger partial charge in [0.2, 0.25) is 0 Å². The number of terminal acetylenes is 1. The molecule has 0 amide bonds. The first-order valence-corrected chi connectivity index (χ1v) is 4.12. The van der Waals surface area contributed by atoms with Crippen LogP contribution >= 0.6 is 0 Å². The highest BCUT2D eigenvalue weighted by Gasteiger charge is 2.24. The lowest BCUT2D eigenvalue weighted by atomic mass is 9.86. The summed E-state index contributed by atoms with van der Waals surface area (Å²) < 4.78 is 5.35. The van der Waals surface area contributed by atoms with Gasteiger partial charge >= 0.3 is 0 Å². The molecule has 0 bridgehead atoms. The lowest BCUT2D eigenvalue weighted by molar-refractivity contribution is 0.194. The van der Waals surface area contributed by atoms with Crippen LogP contribution in [-0.2, 0) is 4.74 Å². The van der Waals surface area contributed by atoms with Gasteiger partial charge in [-0.1, -0.05) is 12.0 Å². The van der Waals surface area contributed by atoms with Gasteiger partial charge in [-0.2, -0.15) is 0 Å². The molecule has 1 N–H and O–H groups in total. The van der Waals surface area contributed by atoms with E-state index in [-0.39, 0.29) is 12.0 Å². The van der Waals surface area contributed by atoms with E-state index >= 15 is 0 Å². The van der Waals surface area contributed by atoms with Crippen molar-refractivity contribution in [2.75, 3.05) is 6.61 Å². The first kappa shape index (κ1) is 9.60. The molecule has 0 spiro atoms. The van der Waals surface area contributed by atoms with Gasteiger partial charge in [0.1, 0.15) is 12.4 Å². The molecular formula is C11H13NO. The molecule has 2 heteroatoms. The molecule has 0 saturated carbocycles. The molecule has 1 aliphatic carbocycles. The minimum atomic E-state index is -0.151. The number of allylic oxidation sites excluding steroid dienone is 3. The predicted molar refractivity (Wildman–Crippen MR) is 53.5 cm³/mol. The van der Waals surface area contributed by atoms with Crippen molar-refractivity contribution in [2.24, 2.45) is 5.41 Å². The Morgan fingerprint density at radius 1 is 1.62 bits per heavy atom. The SMILES string of the molecule is C#CCOC1=CC(=N)C=CC1(C)C. The van der Waals surface area contributed by atoms with E-state index in [0.717, 1.165) is 5.76 Å². The molecule has 1 rings (SSSR count). The fraction of sp³-hybridized carbons (Fsp3) is 0.364. The Bertz CT molecular complexity index is 315. The van der Waals surface area contributed by atoms with E-state index < -0.39 is 0 Å². The number of hydrogen-bond donors (Lipinski definition) is 1. The molecule has 0 aromatic rings. The van der Waals surface area contributed by atoms with E-state index in [9.17, 15) is 0 Å². The largest absolute Gasteiger partial charge is 0.484 e. The van der Waals surface area contributed by atoms with Gasteiger partial charge in [0.15, 0.2) is 0 Å². The Labute approximate surface area is 78.8 Å². The molecule has 0 aromatic carbocycles. The van der Waals surface area contributed by atoms with Crippen molar-refractivity contribution >= 4 is 5.71 Å². The van der Waals surface area contributed by atoms with Gasteiger partial charge in [0.05, 0.1) is 5.71 Å². The highest BCUT2D eigenvalue weighted by molar-refractivity contribution is 6.03. The van der Waals surface area contributed by atoms with Crippen molar-refractivity contribution in [1.29, 1.82) is 5.41 Å². The zero-order chi connectivity index (χ0) is 9.90. The number of nitrogens with one attached hydrogen (secondary N) is 1. The minimum absolute atomic E-state index is 0.151. The van der Waals surface area contributed by atoms with Crippen molar-refractivity contribution < 1.29 is 4.74 Å². The van der Waals surface area contributed by atoms with E-state index in [2.05, 4.69) is 5.92 Å². The summed E-state index contributed by atoms with van der Waals surface area (Å²) in [5.74, 6) is 3.17. The van der Waals surface area contributed by atoms with Gasteiger partial charge in [-0.05, 0) is 19.9 Å². The molecule has 0 radical (unpaired) electrons. The van der Waals surface area contributed by atoms with E-state index in [0.29, 0.717) is 5.71 Å². The highest BCUT2D eigenvalue weighted by Crippen LogP contribution is 2.31. The maximum atomic E-state index is 7.44. The monoisotopic (exact) mass is 175 g/mol. The third-order valence-electron chi connectivity index (χ3n) is 1.91. The first-order chi connectivity index (χ1) is 6.06. The van der Waals surface area contributed by atoms with E-state index in [4.69, 9.17) is 16.6 Å². The summed E-state index contributed by atoms with van der Waals surface area (Å²) in [5.41, 5.74) is 0.299. The third kappa shape index (κ3) is 2.22. The maximum Gasteiger partial charge on any atom is 0.148 e. The van der Waals surface area contributed by atoms with E-state index in [1.807, 2.05) is 19.9 Å². The normalized spacial score (nSPS) is 19.2. The Kier molecular flexibility index (Phi) is 2.57. The molecular weight excluding hydrogens is 162 g/mol. The van der Waals surface area contributed by atoms with Crippen molar-refractivity contribution in [3.8, 4) is 12.3 Å². The standard InChI is InChI=1S/C11H13NO/c1-4-7-13-10-8-9(12)5-6-11(10,2)3/h1,5-6,8,12H,7H2,2-3H3. The smallest absolute Gasteiger partial charge is 0.148 e. The van der Waals surface area contributed by atoms with Gasteiger partial charge in [0, 0.05) is 11.5 Å². The second-order valence-corrected chi connectivity index (χ2v) is 3.51. The lowest BCUT2D eigenvalue weighted by Gasteiger charge is -2.26. The number of rotatable bonds is 2. The summed E-state index contributed by atoms with van der Waals surface area (Å²) in [6.07, 6.45) is 10.5. The molecule has 0 aliphatic heterocycles. The van der Waals surface area contributed by atoms with Crippen molar-refractivity contribution in [3.63, 3.8) is 0 Å². The van der Waals surface area contributed by atoms with E-state index in [1.54, 1.807) is 12.2 Å². The van der Waals surface area contributed by atoms with Crippen molar-refractivity contribution in [1.82, 2.24) is 0 Å². The zero-order valence-corrected chi connectivity index (χ0v) is 7.92. The topological polar surface area (TPSA) is 33.1 Å². The number of ether oxygens (including phenoxy) is 1. The Hall–Kier alpha value is -1.49. The van der Waals surface area contributed by atoms with Crippen LogP contribution in [0.2, 0.25) is 0 Å². The van der Waals surface area contributed by atoms with Crippen LogP contribution in [0.15, 0.2) is 24.0 Å². The van der Waals surface area contributed by atoms with Crippen LogP contribution in [0.1, 0.15) is 13.8 Å². The highest BCUT2D eigenvalue weighted by atomic mass is 16.5. The van der Waals surface area contributed by atoms with Gasteiger partial charge in [-0.3, -0.25) is 0 Å². The van der Waals surface area contributed by atoms with Crippen LogP contribution in [0.3, 0.4) is 0 Å². The summed E-state index contributed by atoms with van der Waals surface area (Å²) in [6, 6.07) is 0. The second kappa shape index (κ2) is 3.49. The fourth-order valence-corrected chi connectivity index (χ4v) is 1.10. The predicted octanol–water partition coefficient (Wildman–Crippen LogP) is 2.14. The summed E-state index contributed by atoms with van der Waals surface area (Å²) in [5, 5.41) is 7.44. The molecule has 0 fully saturated rings. The second-order valence-electron chi connectivity index (χ2n) is 3.51. The average molecular weight is 175 g/mol. The summed E-state index contributed by atoms with van der Waals surface area (Å²) in [7, 11) is 0. The molecule has 68 valence electrons. The molecule has 0 aromatic heterocycles. The van der Waals surface area contributed by atoms with Gasteiger partial charge < -0.3 is 10.1 Å². The molecule has 0 saturated heterocycles. The zero-order valence-electron chi connectivity index (χ0n) is 7.92. The van der Waals surface area contributed by atoms with Crippen LogP contribution in [0.5, 0.6) is 0 Å². The Morgan fingerprint density at radius 3 is 2.92 bits per heavy atom. The molecule has 13 heavy (non-hydrogen) atoms. The van der Waals surface area contributed by atoms with E-state index in [1.165, 1.54) is 0 Å². The minimum Gasteiger partial charge on any atom is -0.484 e. The summed E-state index contributed by atoms with van der Waals surface area (Å²) in [4.78, 5) is 0. The van der Waals surface area contributed by atoms with Crippen LogP contribution in [0.4, 0.5) is 0 Å². The van der Waals surface area contributed by atoms with Gasteiger partial charge in [0.25, 0.3) is 0 Å². The number of hydrogen-bond acceptors (Lipinski definition) is 2. The average Bonchev–Trinajstić information content (AvgIpc) is 2.07. The lowest BCUT2D eigenvalue weighted by Crippen LogP contribution is -2.19. The quantitative estimate of drug-likeness (QED) is 0.641. The van der Waals surface area contributed by atoms with Crippen LogP contribution in [-0.4, -0.2) is 12.3 Å². The fourth-order valence-electron chi connectivity index (χ4n) is 1.10. The first-order valence-electron chi connectivity index (χ1n) is 4.12. The molecule has 0 atom stereocenters. The van der Waals surface area contributed by atoms with Crippen molar-refractivity contribution in [2.45, 2.75) is 13.8 Å². The Morgan fingerprint density at radius 2 is 2.31 bits per heavy atom. The van der Waals surface area contributed by atoms with Crippen LogP contribution in [0.25, 0.3) is 0 Å². The maximum absolute atomic E-state index is 7.44. The molecule has 0 unspecified atom stereocenters. The van der Waals surface area contributed by atoms with Crippen LogP contribution < -0.4 is 0 Å². The van der Waals surface area contributed by atoms with Gasteiger partial charge in [-0.15, -0.1) is 6.42 Å². The molecule has 2 nitrogen and oxygen atoms in total. The van der Waals surface area contributed by atoms with Crippen LogP contribution in [0, 0.1) is 23.2 Å². The van der Waals surface area contributed by atoms with Gasteiger partial charge in [-0.25, -0.2) is 0 Å². The Balaban J connectivity index is 2.80. The summed E-state index contributed by atoms with van der Waals surface area (Å²) >= 11 is 0. The third-order valence-corrected chi connectivity index (χ3v) is 1.91. The molecule has 1 aliphatic rings. The van der Waals surface area contributed by atoms with Crippen molar-refractivity contribution in [3.05, 3.63) is 24.0 Å². The summed E-state index contributed by atoms with van der Waals surface area (Å²) in [6.45, 7) is 4.31. The molecule has 0 heterocycles.